The van der Waals surface area contributed by atoms with E-state index in [1.165, 1.54) is 182 Å². The highest BCUT2D eigenvalue weighted by molar-refractivity contribution is 8.27. The predicted octanol–water partition coefficient (Wildman–Crippen LogP) is 15.7. The third-order valence-corrected chi connectivity index (χ3v) is 37.8. The van der Waals surface area contributed by atoms with E-state index in [9.17, 15) is 0 Å². The second-order valence-corrected chi connectivity index (χ2v) is 40.7. The molecule has 0 unspecified atom stereocenters. The average molecular weight is 1240 g/mol. The van der Waals surface area contributed by atoms with Crippen LogP contribution in [0.5, 0.6) is 0 Å². The van der Waals surface area contributed by atoms with Gasteiger partial charge in [0.1, 0.15) is 0 Å². The zero-order valence-electron chi connectivity index (χ0n) is 48.7. The monoisotopic (exact) mass is 1240 g/mol. The molecule has 0 N–H and O–H groups in total. The van der Waals surface area contributed by atoms with Crippen molar-refractivity contribution in [1.82, 2.24) is 0 Å². The number of hydrogen-bond acceptors (Lipinski definition) is 4. The van der Waals surface area contributed by atoms with Crippen molar-refractivity contribution in [3.63, 3.8) is 0 Å². The van der Waals surface area contributed by atoms with Crippen LogP contribution in [0.3, 0.4) is 0 Å². The number of benzene rings is 10. The van der Waals surface area contributed by atoms with Crippen molar-refractivity contribution in [1.29, 1.82) is 0 Å². The molecule has 10 aromatic carbocycles. The summed E-state index contributed by atoms with van der Waals surface area (Å²) in [5.74, 6) is 0. The van der Waals surface area contributed by atoms with Gasteiger partial charge in [-0.25, -0.2) is 0 Å². The zero-order valence-corrected chi connectivity index (χ0v) is 55.5. The Morgan fingerprint density at radius 1 is 0.226 bits per heavy atom. The van der Waals surface area contributed by atoms with Crippen molar-refractivity contribution in [2.75, 3.05) is 0 Å². The van der Waals surface area contributed by atoms with Crippen LogP contribution in [0.15, 0.2) is 218 Å². The summed E-state index contributed by atoms with van der Waals surface area (Å²) in [7, 11) is 0. The third-order valence-electron chi connectivity index (χ3n) is 18.1. The smallest absolute Gasteiger partial charge is 0.0392 e. The molecule has 84 heavy (non-hydrogen) atoms. The van der Waals surface area contributed by atoms with E-state index >= 15 is 0 Å². The molecule has 4 atom stereocenters. The molecule has 0 saturated carbocycles. The highest BCUT2D eigenvalue weighted by Gasteiger charge is 2.45. The summed E-state index contributed by atoms with van der Waals surface area (Å²) in [6, 6.07) is 73.2. The summed E-state index contributed by atoms with van der Waals surface area (Å²) in [5.41, 5.74) is 16.1. The van der Waals surface area contributed by atoms with Gasteiger partial charge in [0.2, 0.25) is 0 Å². The maximum atomic E-state index is 6.90. The van der Waals surface area contributed by atoms with Crippen LogP contribution in [0.2, 0.25) is 0 Å². The van der Waals surface area contributed by atoms with E-state index in [2.05, 4.69) is 246 Å². The third kappa shape index (κ3) is 9.56. The van der Waals surface area contributed by atoms with Gasteiger partial charge in [-0.2, -0.15) is 0 Å². The van der Waals surface area contributed by atoms with E-state index in [1.807, 2.05) is 0 Å². The molecule has 4 heterocycles. The van der Waals surface area contributed by atoms with Crippen molar-refractivity contribution in [2.45, 2.75) is 105 Å². The lowest BCUT2D eigenvalue weighted by molar-refractivity contribution is 0.795. The van der Waals surface area contributed by atoms with E-state index < -0.39 is 24.2 Å². The lowest BCUT2D eigenvalue weighted by atomic mass is 9.98. The Bertz CT molecular complexity index is 3820. The fourth-order valence-corrected chi connectivity index (χ4v) is 31.2. The quantitative estimate of drug-likeness (QED) is 0.0884. The second-order valence-electron chi connectivity index (χ2n) is 23.4. The largest absolute Gasteiger partial charge is 0.0826 e. The summed E-state index contributed by atoms with van der Waals surface area (Å²) in [6.45, 7) is 9.06. The molecule has 4 aliphatic heterocycles. The molecule has 14 rings (SSSR count). The summed E-state index contributed by atoms with van der Waals surface area (Å²) in [6.07, 6.45) is 14.0. The minimum absolute atomic E-state index is 1.10. The van der Waals surface area contributed by atoms with Gasteiger partial charge in [0, 0.05) is 66.6 Å². The molecule has 0 aromatic heterocycles. The van der Waals surface area contributed by atoms with Gasteiger partial charge < -0.3 is 0 Å². The van der Waals surface area contributed by atoms with Crippen LogP contribution in [0.1, 0.15) is 101 Å². The van der Waals surface area contributed by atoms with Gasteiger partial charge in [-0.1, -0.05) is 270 Å². The lowest BCUT2D eigenvalue weighted by Gasteiger charge is -2.22. The molecule has 0 fully saturated rings. The van der Waals surface area contributed by atoms with Crippen LogP contribution in [0, 0.1) is 0 Å². The molecule has 8 heteroatoms. The highest BCUT2D eigenvalue weighted by Crippen LogP contribution is 2.60. The fourth-order valence-electron chi connectivity index (χ4n) is 13.6. The minimum Gasteiger partial charge on any atom is -0.0826 e. The molecular formula is C76H72P4S4. The van der Waals surface area contributed by atoms with Crippen LogP contribution < -0.4 is 63.7 Å². The van der Waals surface area contributed by atoms with Gasteiger partial charge >= 0.3 is 0 Å². The Balaban J connectivity index is 0.000000157. The Hall–Kier alpha value is -5.20. The van der Waals surface area contributed by atoms with Crippen molar-refractivity contribution >= 4 is 135 Å². The predicted molar refractivity (Wildman–Crippen MR) is 388 cm³/mol. The molecule has 0 nitrogen and oxygen atoms in total. The van der Waals surface area contributed by atoms with Gasteiger partial charge in [0.15, 0.2) is 0 Å². The number of fused-ring (bicyclic) bond motifs is 12. The molecule has 4 aliphatic rings. The Kier molecular flexibility index (Phi) is 16.4. The van der Waals surface area contributed by atoms with E-state index in [0.717, 1.165) is 25.7 Å². The molecular weight excluding hydrogens is 1160 g/mol. The number of rotatable bonds is 16. The summed E-state index contributed by atoms with van der Waals surface area (Å²) in [4.78, 5) is 0. The van der Waals surface area contributed by atoms with Gasteiger partial charge in [-0.15, -0.1) is 0 Å². The fraction of sp³-hybridized carbons (Fsp3) is 0.211. The minimum atomic E-state index is -2.23. The van der Waals surface area contributed by atoms with Gasteiger partial charge in [0.05, 0.1) is 0 Å². The summed E-state index contributed by atoms with van der Waals surface area (Å²) >= 11 is 27.6. The van der Waals surface area contributed by atoms with E-state index in [1.54, 1.807) is 0 Å². The van der Waals surface area contributed by atoms with E-state index in [0.29, 0.717) is 0 Å². The molecule has 420 valence electrons. The first-order valence-corrected chi connectivity index (χ1v) is 41.8. The Morgan fingerprint density at radius 2 is 0.417 bits per heavy atom. The molecule has 10 aromatic rings. The van der Waals surface area contributed by atoms with Crippen molar-refractivity contribution in [2.24, 2.45) is 0 Å². The second kappa shape index (κ2) is 23.8. The van der Waals surface area contributed by atoms with Crippen LogP contribution >= 0.6 is 24.2 Å². The molecule has 0 saturated heterocycles. The lowest BCUT2D eigenvalue weighted by Crippen LogP contribution is -2.23. The number of unbranched alkanes of at least 4 members (excludes halogenated alkanes) is 4. The number of hydrogen-bond donors (Lipinski definition) is 0. The standard InChI is InChI=1S/2C38H36P2S2/c2*1-3-5-13-27-19-21-31-33-25-38-34(26-37(33)39(41,35(31)23-27)29-15-9-7-10-16-29)32-22-20-28(14-6-4-2)24-36(32)40(38,42)30-17-11-8-12-18-30/h2*7-12,15-26H,3-6,13-14H2,1-2H3/t2*39-,40+. The molecule has 0 aliphatic carbocycles. The van der Waals surface area contributed by atoms with Crippen LogP contribution in [0.4, 0.5) is 0 Å². The van der Waals surface area contributed by atoms with Crippen molar-refractivity contribution < 1.29 is 0 Å². The SMILES string of the molecule is CCCCc1ccc2c(c1)[P@](=S)(c1ccccc1)c1cc3c(cc1-2)[P@](=S)(c1ccccc1)c1cc(CCCC)ccc1-3.CCCCc1ccc2c(c1)[P@](=S)(c1ccccc1)c1cc3c(cc1-2)[P@](=S)(c1ccccc1)c1cc(CCCC)ccc1-3. The van der Waals surface area contributed by atoms with Crippen molar-refractivity contribution in [3.8, 4) is 44.5 Å². The normalized spacial score (nSPS) is 19.7. The maximum Gasteiger partial charge on any atom is 0.0392 e. The summed E-state index contributed by atoms with van der Waals surface area (Å²) < 4.78 is 0. The van der Waals surface area contributed by atoms with Crippen LogP contribution in [-0.4, -0.2) is 0 Å². The van der Waals surface area contributed by atoms with Gasteiger partial charge in [0.25, 0.3) is 0 Å². The van der Waals surface area contributed by atoms with Gasteiger partial charge in [-0.05, 0) is 188 Å². The van der Waals surface area contributed by atoms with Gasteiger partial charge in [-0.3, -0.25) is 0 Å². The first kappa shape index (κ1) is 57.9. The average Bonchev–Trinajstić information content (AvgIpc) is 1.65. The van der Waals surface area contributed by atoms with Crippen LogP contribution in [-0.2, 0) is 72.9 Å². The first-order chi connectivity index (χ1) is 41.0. The van der Waals surface area contributed by atoms with E-state index in [4.69, 9.17) is 47.2 Å². The Labute approximate surface area is 520 Å². The highest BCUT2D eigenvalue weighted by atomic mass is 32.5. The molecule has 0 spiro atoms. The molecule has 0 radical (unpaired) electrons. The first-order valence-electron chi connectivity index (χ1n) is 30.6. The van der Waals surface area contributed by atoms with Crippen LogP contribution in [0.25, 0.3) is 44.5 Å². The van der Waals surface area contributed by atoms with Crippen molar-refractivity contribution in [3.05, 3.63) is 241 Å². The molecule has 0 bridgehead atoms. The number of aryl methyl sites for hydroxylation is 4. The maximum absolute atomic E-state index is 6.90. The van der Waals surface area contributed by atoms with E-state index in [-0.39, 0.29) is 0 Å². The molecule has 0 amide bonds. The topological polar surface area (TPSA) is 0 Å². The zero-order chi connectivity index (χ0) is 57.8. The Morgan fingerprint density at radius 3 is 0.607 bits per heavy atom. The summed E-state index contributed by atoms with van der Waals surface area (Å²) in [5, 5.41) is 15.9.